The molecular weight excluding hydrogens is 584 g/mol. The van der Waals surface area contributed by atoms with E-state index in [-0.39, 0.29) is 42.7 Å². The molecule has 0 bridgehead atoms. The molecule has 0 saturated heterocycles. The Balaban J connectivity index is 1.90. The van der Waals surface area contributed by atoms with Crippen LogP contribution in [0.5, 0.6) is 0 Å². The predicted octanol–water partition coefficient (Wildman–Crippen LogP) is 2.31. The fraction of sp³-hybridized carbons (Fsp3) is 0.452. The molecule has 0 aliphatic carbocycles. The maximum absolute atomic E-state index is 13.1. The van der Waals surface area contributed by atoms with Crippen LogP contribution in [0.15, 0.2) is 48.5 Å². The minimum absolute atomic E-state index is 0.0308. The highest BCUT2D eigenvalue weighted by molar-refractivity contribution is 5.99. The van der Waals surface area contributed by atoms with E-state index in [2.05, 4.69) is 21.3 Å². The molecule has 0 unspecified atom stereocenters. The Kier molecular flexibility index (Phi) is 14.4. The molecule has 0 radical (unpaired) electrons. The van der Waals surface area contributed by atoms with Crippen molar-refractivity contribution in [3.05, 3.63) is 69.8 Å². The van der Waals surface area contributed by atoms with E-state index in [9.17, 15) is 39.2 Å². The Labute approximate surface area is 261 Å². The van der Waals surface area contributed by atoms with Gasteiger partial charge in [0.05, 0.1) is 10.5 Å². The van der Waals surface area contributed by atoms with Crippen LogP contribution >= 0.6 is 0 Å². The first kappa shape index (κ1) is 36.2. The minimum atomic E-state index is -1.22. The van der Waals surface area contributed by atoms with Gasteiger partial charge in [0.2, 0.25) is 17.7 Å². The number of carboxylic acids is 1. The van der Waals surface area contributed by atoms with Crippen molar-refractivity contribution >= 4 is 41.0 Å². The Hall–Kier alpha value is -5.01. The highest BCUT2D eigenvalue weighted by Gasteiger charge is 2.29. The Morgan fingerprint density at radius 2 is 1.51 bits per heavy atom. The Morgan fingerprint density at radius 1 is 0.867 bits per heavy atom. The van der Waals surface area contributed by atoms with Gasteiger partial charge in [-0.05, 0) is 49.8 Å². The number of rotatable bonds is 18. The zero-order valence-electron chi connectivity index (χ0n) is 25.7. The van der Waals surface area contributed by atoms with Gasteiger partial charge in [0.15, 0.2) is 0 Å². The third kappa shape index (κ3) is 12.6. The van der Waals surface area contributed by atoms with Gasteiger partial charge in [-0.15, -0.1) is 0 Å². The molecule has 2 rings (SSSR count). The van der Waals surface area contributed by atoms with Crippen molar-refractivity contribution in [3.63, 3.8) is 0 Å². The summed E-state index contributed by atoms with van der Waals surface area (Å²) in [5.74, 6) is -3.31. The number of anilines is 1. The number of nitro benzene ring substituents is 1. The van der Waals surface area contributed by atoms with Crippen molar-refractivity contribution in [2.45, 2.75) is 77.4 Å². The number of hydrogen-bond acceptors (Lipinski definition) is 8. The van der Waals surface area contributed by atoms with Gasteiger partial charge in [-0.25, -0.2) is 4.79 Å². The number of nitrogen functional groups attached to an aromatic ring is 1. The molecule has 244 valence electrons. The Morgan fingerprint density at radius 3 is 2.11 bits per heavy atom. The van der Waals surface area contributed by atoms with E-state index < -0.39 is 40.8 Å². The molecule has 2 aromatic rings. The van der Waals surface area contributed by atoms with Crippen LogP contribution in [0.1, 0.15) is 68.8 Å². The van der Waals surface area contributed by atoms with Crippen LogP contribution in [0.2, 0.25) is 0 Å². The van der Waals surface area contributed by atoms with Crippen molar-refractivity contribution < 1.29 is 34.0 Å². The van der Waals surface area contributed by atoms with E-state index in [0.29, 0.717) is 42.6 Å². The summed E-state index contributed by atoms with van der Waals surface area (Å²) in [6.45, 7) is 5.48. The molecule has 3 atom stereocenters. The second-order valence-corrected chi connectivity index (χ2v) is 11.2. The number of nitrogens with zero attached hydrogens (tertiary/aromatic N) is 1. The fourth-order valence-electron chi connectivity index (χ4n) is 4.43. The maximum Gasteiger partial charge on any atom is 0.326 e. The smallest absolute Gasteiger partial charge is 0.326 e. The molecule has 0 heterocycles. The molecule has 4 amide bonds. The third-order valence-corrected chi connectivity index (χ3v) is 6.88. The monoisotopic (exact) mass is 626 g/mol. The van der Waals surface area contributed by atoms with E-state index in [4.69, 9.17) is 5.73 Å². The lowest BCUT2D eigenvalue weighted by Crippen LogP contribution is -2.56. The SMILES string of the molecule is CC(C)C[C@H](NC(=O)[C@H](Cc1ccc([N+](=O)[O-])cc1)NC(=O)[C@H](C)NC(=O)CCCCCNC(=O)c1ccccc1N)C(=O)O. The van der Waals surface area contributed by atoms with Gasteiger partial charge in [0.1, 0.15) is 18.1 Å². The standard InChI is InChI=1S/C31H42N6O8/c1-19(2)17-26(31(42)43)36-30(41)25(18-21-12-14-22(15-13-21)37(44)45)35-28(39)20(3)34-27(38)11-5-4-8-16-33-29(40)23-9-6-7-10-24(23)32/h6-7,9-10,12-15,19-20,25-26H,4-5,8,11,16-18,32H2,1-3H3,(H,33,40)(H,34,38)(H,35,39)(H,36,41)(H,42,43)/t20-,25-,26-/m0/s1. The molecule has 7 N–H and O–H groups in total. The van der Waals surface area contributed by atoms with E-state index in [1.165, 1.54) is 31.2 Å². The first-order valence-electron chi connectivity index (χ1n) is 14.8. The molecule has 0 fully saturated rings. The van der Waals surface area contributed by atoms with Gasteiger partial charge in [-0.3, -0.25) is 29.3 Å². The average molecular weight is 627 g/mol. The number of carbonyl (C=O) groups excluding carboxylic acids is 4. The number of benzene rings is 2. The average Bonchev–Trinajstić information content (AvgIpc) is 2.98. The summed E-state index contributed by atoms with van der Waals surface area (Å²) in [7, 11) is 0. The lowest BCUT2D eigenvalue weighted by molar-refractivity contribution is -0.384. The molecular formula is C31H42N6O8. The molecule has 0 aliphatic heterocycles. The first-order valence-corrected chi connectivity index (χ1v) is 14.8. The molecule has 0 spiro atoms. The second-order valence-electron chi connectivity index (χ2n) is 11.2. The van der Waals surface area contributed by atoms with E-state index >= 15 is 0 Å². The molecule has 0 saturated carbocycles. The van der Waals surface area contributed by atoms with E-state index in [1.807, 2.05) is 13.8 Å². The lowest BCUT2D eigenvalue weighted by atomic mass is 10.0. The highest BCUT2D eigenvalue weighted by Crippen LogP contribution is 2.14. The summed E-state index contributed by atoms with van der Waals surface area (Å²) in [5.41, 5.74) is 6.94. The second kappa shape index (κ2) is 18.0. The van der Waals surface area contributed by atoms with Crippen LogP contribution in [0, 0.1) is 16.0 Å². The molecule has 14 nitrogen and oxygen atoms in total. The number of unbranched alkanes of at least 4 members (excludes halogenated alkanes) is 2. The fourth-order valence-corrected chi connectivity index (χ4v) is 4.43. The van der Waals surface area contributed by atoms with Gasteiger partial charge in [0.25, 0.3) is 11.6 Å². The van der Waals surface area contributed by atoms with Gasteiger partial charge in [-0.1, -0.05) is 44.5 Å². The van der Waals surface area contributed by atoms with Crippen molar-refractivity contribution in [2.24, 2.45) is 5.92 Å². The molecule has 14 heteroatoms. The van der Waals surface area contributed by atoms with Crippen LogP contribution < -0.4 is 27.0 Å². The zero-order chi connectivity index (χ0) is 33.5. The quantitative estimate of drug-likeness (QED) is 0.0617. The maximum atomic E-state index is 13.1. The van der Waals surface area contributed by atoms with Gasteiger partial charge < -0.3 is 32.1 Å². The number of aliphatic carboxylic acids is 1. The number of nitrogens with one attached hydrogen (secondary N) is 4. The van der Waals surface area contributed by atoms with Crippen LogP contribution in [0.3, 0.4) is 0 Å². The molecule has 0 aliphatic rings. The topological polar surface area (TPSA) is 223 Å². The summed E-state index contributed by atoms with van der Waals surface area (Å²) in [6, 6.07) is 8.76. The van der Waals surface area contributed by atoms with Crippen LogP contribution in [-0.2, 0) is 25.6 Å². The van der Waals surface area contributed by atoms with Gasteiger partial charge in [0, 0.05) is 37.2 Å². The number of carbonyl (C=O) groups is 5. The minimum Gasteiger partial charge on any atom is -0.480 e. The predicted molar refractivity (Wildman–Crippen MR) is 167 cm³/mol. The molecule has 2 aromatic carbocycles. The van der Waals surface area contributed by atoms with Gasteiger partial charge >= 0.3 is 5.97 Å². The summed E-state index contributed by atoms with van der Waals surface area (Å²) in [4.78, 5) is 73.0. The Bertz CT molecular complexity index is 1350. The number of hydrogen-bond donors (Lipinski definition) is 6. The number of para-hydroxylation sites is 1. The zero-order valence-corrected chi connectivity index (χ0v) is 25.7. The van der Waals surface area contributed by atoms with Crippen LogP contribution in [0.25, 0.3) is 0 Å². The van der Waals surface area contributed by atoms with Crippen molar-refractivity contribution in [2.75, 3.05) is 12.3 Å². The number of non-ortho nitro benzene ring substituents is 1. The van der Waals surface area contributed by atoms with Crippen LogP contribution in [-0.4, -0.2) is 64.3 Å². The largest absolute Gasteiger partial charge is 0.480 e. The number of carboxylic acid groups (broad SMARTS) is 1. The molecule has 45 heavy (non-hydrogen) atoms. The van der Waals surface area contributed by atoms with Crippen molar-refractivity contribution in [1.82, 2.24) is 21.3 Å². The number of nitro groups is 1. The van der Waals surface area contributed by atoms with E-state index in [1.54, 1.807) is 24.3 Å². The van der Waals surface area contributed by atoms with Crippen molar-refractivity contribution in [1.29, 1.82) is 0 Å². The number of amides is 4. The third-order valence-electron chi connectivity index (χ3n) is 6.88. The first-order chi connectivity index (χ1) is 21.3. The summed E-state index contributed by atoms with van der Waals surface area (Å²) in [6.07, 6.45) is 2.03. The van der Waals surface area contributed by atoms with Gasteiger partial charge in [-0.2, -0.15) is 0 Å². The van der Waals surface area contributed by atoms with Crippen molar-refractivity contribution in [3.8, 4) is 0 Å². The highest BCUT2D eigenvalue weighted by atomic mass is 16.6. The normalized spacial score (nSPS) is 12.8. The summed E-state index contributed by atoms with van der Waals surface area (Å²) >= 11 is 0. The summed E-state index contributed by atoms with van der Waals surface area (Å²) in [5, 5.41) is 31.0. The van der Waals surface area contributed by atoms with Crippen LogP contribution in [0.4, 0.5) is 11.4 Å². The van der Waals surface area contributed by atoms with E-state index in [0.717, 1.165) is 0 Å². The summed E-state index contributed by atoms with van der Waals surface area (Å²) < 4.78 is 0. The molecule has 0 aromatic heterocycles. The number of nitrogens with two attached hydrogens (primary N) is 1. The lowest BCUT2D eigenvalue weighted by Gasteiger charge is -2.24.